The molecule has 1 aromatic carbocycles. The fraction of sp³-hybridized carbons (Fsp3) is 0.333. The minimum atomic E-state index is -3.65. The van der Waals surface area contributed by atoms with Crippen LogP contribution in [0.3, 0.4) is 0 Å². The van der Waals surface area contributed by atoms with E-state index in [2.05, 4.69) is 0 Å². The number of benzene rings is 1. The summed E-state index contributed by atoms with van der Waals surface area (Å²) in [7, 11) is -3.65. The van der Waals surface area contributed by atoms with E-state index in [1.807, 2.05) is 6.07 Å². The molecule has 6 nitrogen and oxygen atoms in total. The van der Waals surface area contributed by atoms with Gasteiger partial charge in [0.15, 0.2) is 0 Å². The van der Waals surface area contributed by atoms with Crippen molar-refractivity contribution in [2.75, 3.05) is 6.54 Å². The van der Waals surface area contributed by atoms with Crippen molar-refractivity contribution in [2.45, 2.75) is 30.2 Å². The molecule has 0 radical (unpaired) electrons. The molecule has 0 N–H and O–H groups in total. The lowest BCUT2D eigenvalue weighted by molar-refractivity contribution is 0.411. The monoisotopic (exact) mass is 318 g/mol. The highest BCUT2D eigenvalue weighted by atomic mass is 32.2. The summed E-state index contributed by atoms with van der Waals surface area (Å²) in [4.78, 5) is 11.3. The van der Waals surface area contributed by atoms with Gasteiger partial charge < -0.3 is 4.42 Å². The number of nitrogens with zero attached hydrogens (tertiary/aromatic N) is 2. The van der Waals surface area contributed by atoms with E-state index in [4.69, 9.17) is 9.68 Å². The molecule has 1 fully saturated rings. The minimum absolute atomic E-state index is 0.0113. The zero-order valence-electron chi connectivity index (χ0n) is 11.7. The second kappa shape index (κ2) is 5.55. The van der Waals surface area contributed by atoms with E-state index >= 15 is 0 Å². The average Bonchev–Trinajstić information content (AvgIpc) is 3.31. The SMILES string of the molecule is N#CCCN(C1CC1)S(=O)(=O)c1ccc2oc(=O)ccc2c1. The van der Waals surface area contributed by atoms with Crippen LogP contribution in [0.5, 0.6) is 0 Å². The van der Waals surface area contributed by atoms with Crippen LogP contribution in [0.25, 0.3) is 11.0 Å². The van der Waals surface area contributed by atoms with Gasteiger partial charge in [0.25, 0.3) is 0 Å². The van der Waals surface area contributed by atoms with Crippen molar-refractivity contribution in [1.82, 2.24) is 4.31 Å². The van der Waals surface area contributed by atoms with Crippen LogP contribution in [-0.2, 0) is 10.0 Å². The summed E-state index contributed by atoms with van der Waals surface area (Å²) in [5.74, 6) is 0. The quantitative estimate of drug-likeness (QED) is 0.785. The van der Waals surface area contributed by atoms with Gasteiger partial charge in [0.1, 0.15) is 5.58 Å². The van der Waals surface area contributed by atoms with Crippen molar-refractivity contribution < 1.29 is 12.8 Å². The normalized spacial score (nSPS) is 15.1. The average molecular weight is 318 g/mol. The summed E-state index contributed by atoms with van der Waals surface area (Å²) < 4.78 is 31.9. The summed E-state index contributed by atoms with van der Waals surface area (Å²) >= 11 is 0. The highest BCUT2D eigenvalue weighted by molar-refractivity contribution is 7.89. The van der Waals surface area contributed by atoms with Gasteiger partial charge >= 0.3 is 5.63 Å². The maximum Gasteiger partial charge on any atom is 0.336 e. The van der Waals surface area contributed by atoms with Gasteiger partial charge in [-0.3, -0.25) is 0 Å². The van der Waals surface area contributed by atoms with Gasteiger partial charge in [-0.25, -0.2) is 13.2 Å². The van der Waals surface area contributed by atoms with Crippen LogP contribution in [0, 0.1) is 11.3 Å². The molecule has 7 heteroatoms. The molecular weight excluding hydrogens is 304 g/mol. The van der Waals surface area contributed by atoms with Gasteiger partial charge in [0.2, 0.25) is 10.0 Å². The van der Waals surface area contributed by atoms with Crippen LogP contribution < -0.4 is 5.63 Å². The van der Waals surface area contributed by atoms with E-state index in [0.717, 1.165) is 12.8 Å². The van der Waals surface area contributed by atoms with Crippen LogP contribution >= 0.6 is 0 Å². The molecule has 2 aromatic rings. The van der Waals surface area contributed by atoms with E-state index in [0.29, 0.717) is 11.0 Å². The first kappa shape index (κ1) is 14.8. The van der Waals surface area contributed by atoms with Crippen LogP contribution in [-0.4, -0.2) is 25.3 Å². The number of fused-ring (bicyclic) bond motifs is 1. The van der Waals surface area contributed by atoms with Crippen molar-refractivity contribution in [3.63, 3.8) is 0 Å². The molecule has 0 bridgehead atoms. The van der Waals surface area contributed by atoms with Crippen LogP contribution in [0.2, 0.25) is 0 Å². The highest BCUT2D eigenvalue weighted by Gasteiger charge is 2.37. The topological polar surface area (TPSA) is 91.4 Å². The molecule has 1 aliphatic rings. The molecule has 1 saturated carbocycles. The Bertz CT molecular complexity index is 907. The maximum absolute atomic E-state index is 12.8. The molecule has 0 atom stereocenters. The van der Waals surface area contributed by atoms with Crippen LogP contribution in [0.4, 0.5) is 0 Å². The second-order valence-corrected chi connectivity index (χ2v) is 7.10. The summed E-state index contributed by atoms with van der Waals surface area (Å²) in [5.41, 5.74) is -0.127. The maximum atomic E-state index is 12.8. The lowest BCUT2D eigenvalue weighted by Gasteiger charge is -2.20. The third-order valence-corrected chi connectivity index (χ3v) is 5.54. The molecule has 114 valence electrons. The summed E-state index contributed by atoms with van der Waals surface area (Å²) in [6.07, 6.45) is 1.82. The number of sulfonamides is 1. The summed E-state index contributed by atoms with van der Waals surface area (Å²) in [6, 6.07) is 9.18. The Morgan fingerprint density at radius 2 is 2.05 bits per heavy atom. The van der Waals surface area contributed by atoms with E-state index in [1.54, 1.807) is 0 Å². The Labute approximate surface area is 127 Å². The Morgan fingerprint density at radius 1 is 1.27 bits per heavy atom. The predicted molar refractivity (Wildman–Crippen MR) is 79.6 cm³/mol. The Kier molecular flexibility index (Phi) is 3.72. The number of nitriles is 1. The van der Waals surface area contributed by atoms with Crippen molar-refractivity contribution in [1.29, 1.82) is 5.26 Å². The molecular formula is C15H14N2O4S. The van der Waals surface area contributed by atoms with E-state index < -0.39 is 15.6 Å². The van der Waals surface area contributed by atoms with Gasteiger partial charge in [-0.1, -0.05) is 0 Å². The van der Waals surface area contributed by atoms with E-state index in [9.17, 15) is 13.2 Å². The Hall–Kier alpha value is -2.17. The molecule has 1 aliphatic carbocycles. The fourth-order valence-corrected chi connectivity index (χ4v) is 4.09. The zero-order chi connectivity index (χ0) is 15.7. The lowest BCUT2D eigenvalue weighted by atomic mass is 10.2. The van der Waals surface area contributed by atoms with Crippen LogP contribution in [0.1, 0.15) is 19.3 Å². The second-order valence-electron chi connectivity index (χ2n) is 5.21. The Balaban J connectivity index is 2.02. The third-order valence-electron chi connectivity index (χ3n) is 3.60. The third kappa shape index (κ3) is 2.75. The van der Waals surface area contributed by atoms with Crippen molar-refractivity contribution in [2.24, 2.45) is 0 Å². The van der Waals surface area contributed by atoms with Gasteiger partial charge in [-0.2, -0.15) is 9.57 Å². The first-order chi connectivity index (χ1) is 10.5. The van der Waals surface area contributed by atoms with Crippen LogP contribution in [0.15, 0.2) is 44.4 Å². The van der Waals surface area contributed by atoms with Gasteiger partial charge in [-0.05, 0) is 37.1 Å². The summed E-state index contributed by atoms with van der Waals surface area (Å²) in [5, 5.41) is 9.26. The predicted octanol–water partition coefficient (Wildman–Crippen LogP) is 1.86. The number of rotatable bonds is 5. The van der Waals surface area contributed by atoms with Gasteiger partial charge in [0, 0.05) is 30.5 Å². The molecule has 22 heavy (non-hydrogen) atoms. The standard InChI is InChI=1S/C15H14N2O4S/c16-8-1-9-17(12-3-4-12)22(19,20)13-5-6-14-11(10-13)2-7-15(18)21-14/h2,5-7,10,12H,1,3-4,9H2. The molecule has 3 rings (SSSR count). The van der Waals surface area contributed by atoms with E-state index in [-0.39, 0.29) is 23.9 Å². The first-order valence-corrected chi connectivity index (χ1v) is 8.39. The molecule has 1 aromatic heterocycles. The fourth-order valence-electron chi connectivity index (χ4n) is 2.37. The van der Waals surface area contributed by atoms with Crippen molar-refractivity contribution >= 4 is 21.0 Å². The number of hydrogen-bond donors (Lipinski definition) is 0. The minimum Gasteiger partial charge on any atom is -0.423 e. The van der Waals surface area contributed by atoms with Gasteiger partial charge in [0.05, 0.1) is 11.0 Å². The molecule has 0 amide bonds. The molecule has 0 aliphatic heterocycles. The first-order valence-electron chi connectivity index (χ1n) is 6.95. The largest absolute Gasteiger partial charge is 0.423 e. The summed E-state index contributed by atoms with van der Waals surface area (Å²) in [6.45, 7) is 0.200. The highest BCUT2D eigenvalue weighted by Crippen LogP contribution is 2.32. The van der Waals surface area contributed by atoms with E-state index in [1.165, 1.54) is 34.6 Å². The zero-order valence-corrected chi connectivity index (χ0v) is 12.5. The molecule has 0 spiro atoms. The smallest absolute Gasteiger partial charge is 0.336 e. The van der Waals surface area contributed by atoms with Gasteiger partial charge in [-0.15, -0.1) is 0 Å². The lowest BCUT2D eigenvalue weighted by Crippen LogP contribution is -2.33. The Morgan fingerprint density at radius 3 is 2.73 bits per heavy atom. The molecule has 0 saturated heterocycles. The van der Waals surface area contributed by atoms with Crippen molar-refractivity contribution in [3.05, 3.63) is 40.8 Å². The molecule has 0 unspecified atom stereocenters. The molecule has 1 heterocycles. The number of hydrogen-bond acceptors (Lipinski definition) is 5. The van der Waals surface area contributed by atoms with Crippen molar-refractivity contribution in [3.8, 4) is 6.07 Å².